The average Bonchev–Trinajstić information content (AvgIpc) is 2.66. The molecule has 2 rings (SSSR count). The van der Waals surface area contributed by atoms with Crippen LogP contribution in [0.3, 0.4) is 0 Å². The van der Waals surface area contributed by atoms with Crippen LogP contribution in [0.25, 0.3) is 0 Å². The smallest absolute Gasteiger partial charge is 0.416 e. The highest BCUT2D eigenvalue weighted by molar-refractivity contribution is 6.32. The molecule has 0 aliphatic heterocycles. The molecule has 2 aromatic carbocycles. The van der Waals surface area contributed by atoms with E-state index in [1.54, 1.807) is 6.07 Å². The van der Waals surface area contributed by atoms with Crippen LogP contribution in [0, 0.1) is 0 Å². The van der Waals surface area contributed by atoms with Crippen molar-refractivity contribution in [2.75, 3.05) is 7.11 Å². The molecule has 32 heavy (non-hydrogen) atoms. The molecule has 174 valence electrons. The molecule has 0 saturated carbocycles. The topological polar surface area (TPSA) is 81.4 Å². The van der Waals surface area contributed by atoms with Gasteiger partial charge >= 0.3 is 12.4 Å². The van der Waals surface area contributed by atoms with Crippen LogP contribution >= 0.6 is 11.6 Å². The number of carbonyl (C=O) groups excluding carboxylic acids is 2. The molecule has 0 unspecified atom stereocenters. The summed E-state index contributed by atoms with van der Waals surface area (Å²) >= 11 is 6.00. The molecule has 0 aromatic heterocycles. The Bertz CT molecular complexity index is 976. The van der Waals surface area contributed by atoms with Crippen molar-refractivity contribution < 1.29 is 40.7 Å². The number of ether oxygens (including phenoxy) is 1. The second kappa shape index (κ2) is 9.68. The van der Waals surface area contributed by atoms with Gasteiger partial charge in [-0.2, -0.15) is 26.3 Å². The number of hydrogen-bond acceptors (Lipinski definition) is 3. The normalized spacial score (nSPS) is 12.9. The largest absolute Gasteiger partial charge is 0.495 e. The highest BCUT2D eigenvalue weighted by Crippen LogP contribution is 2.36. The fourth-order valence-corrected chi connectivity index (χ4v) is 3.13. The minimum atomic E-state index is -5.05. The van der Waals surface area contributed by atoms with Crippen molar-refractivity contribution in [3.63, 3.8) is 0 Å². The maximum absolute atomic E-state index is 13.0. The van der Waals surface area contributed by atoms with Crippen LogP contribution in [-0.2, 0) is 34.8 Å². The van der Waals surface area contributed by atoms with Crippen LogP contribution in [0.2, 0.25) is 5.02 Å². The first-order valence-electron chi connectivity index (χ1n) is 8.90. The van der Waals surface area contributed by atoms with Crippen molar-refractivity contribution in [1.29, 1.82) is 0 Å². The molecule has 2 amide bonds. The van der Waals surface area contributed by atoms with E-state index in [9.17, 15) is 35.9 Å². The summed E-state index contributed by atoms with van der Waals surface area (Å²) in [5.74, 6) is -1.58. The quantitative estimate of drug-likeness (QED) is 0.582. The molecule has 0 fully saturated rings. The van der Waals surface area contributed by atoms with Gasteiger partial charge in [-0.25, -0.2) is 0 Å². The number of hydrogen-bond donors (Lipinski definition) is 2. The van der Waals surface area contributed by atoms with Crippen molar-refractivity contribution in [1.82, 2.24) is 5.32 Å². The Hall–Kier alpha value is -2.95. The first-order valence-corrected chi connectivity index (χ1v) is 9.28. The molecule has 1 atom stereocenters. The zero-order valence-corrected chi connectivity index (χ0v) is 17.2. The standard InChI is InChI=1S/C20H17ClF6N2O3/c1-32-16-3-2-10(6-14(16)21)7-15(18(28)31)29-17(30)8-11-4-12(19(22,23)24)9-13(5-11)20(25,26)27/h2-6,9,15H,7-8H2,1H3,(H2,28,31)(H,29,30)/t15-/m1/s1. The fourth-order valence-electron chi connectivity index (χ4n) is 2.85. The number of alkyl halides is 6. The van der Waals surface area contributed by atoms with Crippen LogP contribution in [0.1, 0.15) is 22.3 Å². The number of benzene rings is 2. The van der Waals surface area contributed by atoms with Gasteiger partial charge in [0, 0.05) is 6.42 Å². The van der Waals surface area contributed by atoms with Gasteiger partial charge in [-0.05, 0) is 41.5 Å². The minimum Gasteiger partial charge on any atom is -0.495 e. The van der Waals surface area contributed by atoms with Gasteiger partial charge in [-0.15, -0.1) is 0 Å². The lowest BCUT2D eigenvalue weighted by Gasteiger charge is -2.17. The number of carbonyl (C=O) groups is 2. The van der Waals surface area contributed by atoms with Crippen LogP contribution in [0.15, 0.2) is 36.4 Å². The second-order valence-electron chi connectivity index (χ2n) is 6.79. The second-order valence-corrected chi connectivity index (χ2v) is 7.19. The van der Waals surface area contributed by atoms with Gasteiger partial charge in [-0.3, -0.25) is 9.59 Å². The molecule has 0 heterocycles. The van der Waals surface area contributed by atoms with Crippen molar-refractivity contribution in [2.24, 2.45) is 5.73 Å². The number of methoxy groups -OCH3 is 1. The van der Waals surface area contributed by atoms with E-state index < -0.39 is 53.3 Å². The maximum atomic E-state index is 13.0. The molecule has 0 spiro atoms. The van der Waals surface area contributed by atoms with Gasteiger partial charge < -0.3 is 15.8 Å². The van der Waals surface area contributed by atoms with Gasteiger partial charge in [0.1, 0.15) is 11.8 Å². The number of primary amides is 1. The third-order valence-electron chi connectivity index (χ3n) is 4.35. The van der Waals surface area contributed by atoms with E-state index in [1.807, 2.05) is 0 Å². The Morgan fingerprint density at radius 3 is 2.00 bits per heavy atom. The van der Waals surface area contributed by atoms with E-state index in [2.05, 4.69) is 5.32 Å². The third-order valence-corrected chi connectivity index (χ3v) is 4.64. The lowest BCUT2D eigenvalue weighted by Crippen LogP contribution is -2.46. The molecule has 3 N–H and O–H groups in total. The summed E-state index contributed by atoms with van der Waals surface area (Å²) in [6.45, 7) is 0. The van der Waals surface area contributed by atoms with E-state index in [-0.39, 0.29) is 17.5 Å². The molecule has 0 saturated heterocycles. The summed E-state index contributed by atoms with van der Waals surface area (Å²) in [6, 6.07) is 4.09. The Morgan fingerprint density at radius 2 is 1.56 bits per heavy atom. The first kappa shape index (κ1) is 25.3. The predicted octanol–water partition coefficient (Wildman–Crippen LogP) is 4.14. The zero-order chi connectivity index (χ0) is 24.3. The summed E-state index contributed by atoms with van der Waals surface area (Å²) in [5, 5.41) is 2.45. The molecule has 12 heteroatoms. The molecule has 0 aliphatic carbocycles. The predicted molar refractivity (Wildman–Crippen MR) is 103 cm³/mol. The lowest BCUT2D eigenvalue weighted by atomic mass is 10.0. The fraction of sp³-hybridized carbons (Fsp3) is 0.300. The molecular weight excluding hydrogens is 466 g/mol. The number of nitrogens with two attached hydrogens (primary N) is 1. The van der Waals surface area contributed by atoms with Crippen molar-refractivity contribution in [3.05, 3.63) is 63.7 Å². The van der Waals surface area contributed by atoms with E-state index in [0.717, 1.165) is 0 Å². The van der Waals surface area contributed by atoms with E-state index >= 15 is 0 Å². The first-order chi connectivity index (χ1) is 14.7. The Balaban J connectivity index is 2.21. The van der Waals surface area contributed by atoms with Crippen LogP contribution in [-0.4, -0.2) is 25.0 Å². The van der Waals surface area contributed by atoms with E-state index in [4.69, 9.17) is 22.1 Å². The van der Waals surface area contributed by atoms with Crippen molar-refractivity contribution >= 4 is 23.4 Å². The number of rotatable bonds is 7. The Labute approximate surface area is 183 Å². The lowest BCUT2D eigenvalue weighted by molar-refractivity contribution is -0.143. The van der Waals surface area contributed by atoms with Gasteiger partial charge in [0.2, 0.25) is 11.8 Å². The van der Waals surface area contributed by atoms with Crippen LogP contribution < -0.4 is 15.8 Å². The van der Waals surface area contributed by atoms with Crippen LogP contribution in [0.5, 0.6) is 5.75 Å². The SMILES string of the molecule is COc1ccc(C[C@@H](NC(=O)Cc2cc(C(F)(F)F)cc(C(F)(F)F)c2)C(N)=O)cc1Cl. The summed E-state index contributed by atoms with van der Waals surface area (Å²) in [5.41, 5.74) is 2.14. The highest BCUT2D eigenvalue weighted by atomic mass is 35.5. The highest BCUT2D eigenvalue weighted by Gasteiger charge is 2.37. The number of halogens is 7. The van der Waals surface area contributed by atoms with Gasteiger partial charge in [-0.1, -0.05) is 17.7 Å². The van der Waals surface area contributed by atoms with E-state index in [1.165, 1.54) is 19.2 Å². The summed E-state index contributed by atoms with van der Waals surface area (Å²) in [6.07, 6.45) is -11.0. The summed E-state index contributed by atoms with van der Waals surface area (Å²) in [4.78, 5) is 24.0. The molecule has 5 nitrogen and oxygen atoms in total. The van der Waals surface area contributed by atoms with Gasteiger partial charge in [0.05, 0.1) is 29.7 Å². The molecule has 0 bridgehead atoms. The number of nitrogens with one attached hydrogen (secondary N) is 1. The zero-order valence-electron chi connectivity index (χ0n) is 16.4. The maximum Gasteiger partial charge on any atom is 0.416 e. The summed E-state index contributed by atoms with van der Waals surface area (Å²) < 4.78 is 82.8. The third kappa shape index (κ3) is 6.78. The molecular formula is C20H17ClF6N2O3. The molecule has 0 aliphatic rings. The van der Waals surface area contributed by atoms with E-state index in [0.29, 0.717) is 23.4 Å². The Kier molecular flexibility index (Phi) is 7.66. The monoisotopic (exact) mass is 482 g/mol. The minimum absolute atomic E-state index is 0.0406. The summed E-state index contributed by atoms with van der Waals surface area (Å²) in [7, 11) is 1.39. The van der Waals surface area contributed by atoms with Crippen LogP contribution in [0.4, 0.5) is 26.3 Å². The Morgan fingerprint density at radius 1 is 1.00 bits per heavy atom. The average molecular weight is 483 g/mol. The van der Waals surface area contributed by atoms with Crippen molar-refractivity contribution in [3.8, 4) is 5.75 Å². The number of amides is 2. The molecule has 2 aromatic rings. The van der Waals surface area contributed by atoms with Gasteiger partial charge in [0.15, 0.2) is 0 Å². The molecule has 0 radical (unpaired) electrons. The van der Waals surface area contributed by atoms with Crippen molar-refractivity contribution in [2.45, 2.75) is 31.2 Å². The van der Waals surface area contributed by atoms with Gasteiger partial charge in [0.25, 0.3) is 0 Å².